The van der Waals surface area contributed by atoms with Crippen molar-refractivity contribution in [3.05, 3.63) is 47.3 Å². The molecule has 0 bridgehead atoms. The van der Waals surface area contributed by atoms with Crippen LogP contribution in [-0.2, 0) is 11.3 Å². The molecule has 1 aromatic heterocycles. The van der Waals surface area contributed by atoms with Gasteiger partial charge in [0.2, 0.25) is 5.91 Å². The third-order valence-electron chi connectivity index (χ3n) is 6.08. The Morgan fingerprint density at radius 1 is 1.19 bits per heavy atom. The Morgan fingerprint density at radius 3 is 2.59 bits per heavy atom. The van der Waals surface area contributed by atoms with Crippen LogP contribution in [0.15, 0.2) is 35.3 Å². The fourth-order valence-electron chi connectivity index (χ4n) is 4.25. The van der Waals surface area contributed by atoms with E-state index >= 15 is 0 Å². The Balaban J connectivity index is 1.40. The lowest BCUT2D eigenvalue weighted by Gasteiger charge is -2.30. The minimum Gasteiger partial charge on any atom is -0.369 e. The van der Waals surface area contributed by atoms with Crippen LogP contribution in [0.2, 0.25) is 0 Å². The van der Waals surface area contributed by atoms with E-state index < -0.39 is 0 Å². The third kappa shape index (κ3) is 6.56. The number of nitrogens with zero attached hydrogens (tertiary/aromatic N) is 4. The molecular weight excluding hydrogens is 402 g/mol. The van der Waals surface area contributed by atoms with Crippen LogP contribution >= 0.6 is 0 Å². The van der Waals surface area contributed by atoms with E-state index in [4.69, 9.17) is 5.73 Å². The van der Waals surface area contributed by atoms with Crippen molar-refractivity contribution >= 4 is 11.9 Å². The molecule has 3 rings (SSSR count). The highest BCUT2D eigenvalue weighted by atomic mass is 16.1. The zero-order valence-electron chi connectivity index (χ0n) is 19.6. The van der Waals surface area contributed by atoms with Crippen LogP contribution in [0.25, 0.3) is 5.69 Å². The lowest BCUT2D eigenvalue weighted by molar-refractivity contribution is -0.123. The summed E-state index contributed by atoms with van der Waals surface area (Å²) in [5, 5.41) is 11.5. The van der Waals surface area contributed by atoms with Gasteiger partial charge in [0.1, 0.15) is 0 Å². The molecule has 2 heterocycles. The number of hydrogen-bond donors (Lipinski definition) is 3. The number of carbonyl (C=O) groups excluding carboxylic acids is 1. The molecule has 1 amide bonds. The van der Waals surface area contributed by atoms with Crippen molar-refractivity contribution < 1.29 is 4.79 Å². The molecule has 1 saturated heterocycles. The zero-order valence-corrected chi connectivity index (χ0v) is 19.6. The third-order valence-corrected chi connectivity index (χ3v) is 6.08. The molecule has 1 aliphatic rings. The Kier molecular flexibility index (Phi) is 8.67. The highest BCUT2D eigenvalue weighted by Gasteiger charge is 2.22. The number of carbonyl (C=O) groups is 1. The number of hydrogen-bond acceptors (Lipinski definition) is 4. The number of guanidine groups is 1. The van der Waals surface area contributed by atoms with Crippen molar-refractivity contribution in [3.63, 3.8) is 0 Å². The summed E-state index contributed by atoms with van der Waals surface area (Å²) in [6.45, 7) is 8.64. The highest BCUT2D eigenvalue weighted by molar-refractivity contribution is 5.79. The van der Waals surface area contributed by atoms with Crippen LogP contribution in [-0.4, -0.2) is 59.8 Å². The molecule has 32 heavy (non-hydrogen) atoms. The Bertz CT molecular complexity index is 913. The molecule has 4 N–H and O–H groups in total. The molecule has 1 aliphatic heterocycles. The molecule has 8 nitrogen and oxygen atoms in total. The standard InChI is InChI=1S/C24H37N7O/c1-18-16-19(2)31(29-18)22-9-5-4-8-21(22)17-28-24(26-3)27-12-6-7-13-30-14-10-20(11-15-30)23(25)32/h4-5,8-9,16,20H,6-7,10-15,17H2,1-3H3,(H2,25,32)(H2,26,27,28). The number of primary amides is 1. The van der Waals surface area contributed by atoms with Crippen LogP contribution in [0, 0.1) is 19.8 Å². The second-order valence-electron chi connectivity index (χ2n) is 8.55. The van der Waals surface area contributed by atoms with Crippen LogP contribution < -0.4 is 16.4 Å². The monoisotopic (exact) mass is 439 g/mol. The number of likely N-dealkylation sites (tertiary alicyclic amines) is 1. The first kappa shape index (κ1) is 23.8. The van der Waals surface area contributed by atoms with Crippen molar-refractivity contribution in [1.29, 1.82) is 0 Å². The van der Waals surface area contributed by atoms with Crippen molar-refractivity contribution in [2.24, 2.45) is 16.6 Å². The van der Waals surface area contributed by atoms with E-state index in [0.29, 0.717) is 6.54 Å². The number of benzene rings is 1. The van der Waals surface area contributed by atoms with Gasteiger partial charge in [-0.1, -0.05) is 18.2 Å². The largest absolute Gasteiger partial charge is 0.369 e. The number of piperidine rings is 1. The van der Waals surface area contributed by atoms with Gasteiger partial charge in [0, 0.05) is 31.7 Å². The lowest BCUT2D eigenvalue weighted by atomic mass is 9.96. The number of nitrogens with one attached hydrogen (secondary N) is 2. The minimum absolute atomic E-state index is 0.0636. The number of aromatic nitrogens is 2. The van der Waals surface area contributed by atoms with E-state index in [2.05, 4.69) is 56.8 Å². The molecule has 8 heteroatoms. The van der Waals surface area contributed by atoms with Gasteiger partial charge >= 0.3 is 0 Å². The number of aliphatic imine (C=N–C) groups is 1. The average molecular weight is 440 g/mol. The summed E-state index contributed by atoms with van der Waals surface area (Å²) in [6, 6.07) is 10.4. The molecule has 174 valence electrons. The molecule has 0 saturated carbocycles. The maximum atomic E-state index is 11.3. The number of rotatable bonds is 9. The summed E-state index contributed by atoms with van der Waals surface area (Å²) >= 11 is 0. The molecule has 0 radical (unpaired) electrons. The molecular formula is C24H37N7O. The second-order valence-corrected chi connectivity index (χ2v) is 8.55. The van der Waals surface area contributed by atoms with Crippen molar-refractivity contribution in [3.8, 4) is 5.69 Å². The Labute approximate surface area is 191 Å². The van der Waals surface area contributed by atoms with Gasteiger partial charge in [0.15, 0.2) is 5.96 Å². The first-order valence-electron chi connectivity index (χ1n) is 11.6. The quantitative estimate of drug-likeness (QED) is 0.316. The maximum absolute atomic E-state index is 11.3. The van der Waals surface area contributed by atoms with E-state index in [1.807, 2.05) is 17.7 Å². The van der Waals surface area contributed by atoms with Crippen LogP contribution in [0.1, 0.15) is 42.6 Å². The van der Waals surface area contributed by atoms with Gasteiger partial charge in [-0.2, -0.15) is 5.10 Å². The van der Waals surface area contributed by atoms with Gasteiger partial charge in [-0.3, -0.25) is 9.79 Å². The molecule has 0 unspecified atom stereocenters. The number of unbranched alkanes of at least 4 members (excludes halogenated alkanes) is 1. The fourth-order valence-corrected chi connectivity index (χ4v) is 4.25. The van der Waals surface area contributed by atoms with Crippen LogP contribution in [0.5, 0.6) is 0 Å². The van der Waals surface area contributed by atoms with Crippen LogP contribution in [0.4, 0.5) is 0 Å². The summed E-state index contributed by atoms with van der Waals surface area (Å²) in [5.41, 5.74) is 9.80. The summed E-state index contributed by atoms with van der Waals surface area (Å²) in [6.07, 6.45) is 3.97. The van der Waals surface area contributed by atoms with E-state index in [-0.39, 0.29) is 11.8 Å². The summed E-state index contributed by atoms with van der Waals surface area (Å²) in [5.74, 6) is 0.717. The topological polar surface area (TPSA) is 101 Å². The molecule has 2 aromatic rings. The number of aryl methyl sites for hydroxylation is 2. The lowest BCUT2D eigenvalue weighted by Crippen LogP contribution is -2.39. The van der Waals surface area contributed by atoms with E-state index in [1.54, 1.807) is 7.05 Å². The predicted molar refractivity (Wildman–Crippen MR) is 129 cm³/mol. The normalized spacial score (nSPS) is 15.7. The summed E-state index contributed by atoms with van der Waals surface area (Å²) < 4.78 is 1.99. The summed E-state index contributed by atoms with van der Waals surface area (Å²) in [4.78, 5) is 18.1. The Hall–Kier alpha value is -2.87. The fraction of sp³-hybridized carbons (Fsp3) is 0.542. The number of para-hydroxylation sites is 1. The van der Waals surface area contributed by atoms with Gasteiger partial charge in [0.05, 0.1) is 11.4 Å². The van der Waals surface area contributed by atoms with E-state index in [9.17, 15) is 4.79 Å². The van der Waals surface area contributed by atoms with Gasteiger partial charge in [-0.15, -0.1) is 0 Å². The molecule has 0 aliphatic carbocycles. The predicted octanol–water partition coefficient (Wildman–Crippen LogP) is 2.13. The molecule has 1 fully saturated rings. The van der Waals surface area contributed by atoms with Gasteiger partial charge in [-0.05, 0) is 76.9 Å². The van der Waals surface area contributed by atoms with Crippen LogP contribution in [0.3, 0.4) is 0 Å². The van der Waals surface area contributed by atoms with Crippen molar-refractivity contribution in [2.75, 3.05) is 33.2 Å². The minimum atomic E-state index is -0.148. The zero-order chi connectivity index (χ0) is 22.9. The molecule has 0 atom stereocenters. The van der Waals surface area contributed by atoms with Gasteiger partial charge in [-0.25, -0.2) is 4.68 Å². The van der Waals surface area contributed by atoms with Gasteiger partial charge < -0.3 is 21.3 Å². The molecule has 0 spiro atoms. The second kappa shape index (κ2) is 11.7. The average Bonchev–Trinajstić information content (AvgIpc) is 3.13. The number of amides is 1. The van der Waals surface area contributed by atoms with Crippen molar-refractivity contribution in [2.45, 2.75) is 46.1 Å². The Morgan fingerprint density at radius 2 is 1.94 bits per heavy atom. The highest BCUT2D eigenvalue weighted by Crippen LogP contribution is 2.18. The van der Waals surface area contributed by atoms with Gasteiger partial charge in [0.25, 0.3) is 0 Å². The summed E-state index contributed by atoms with van der Waals surface area (Å²) in [7, 11) is 1.80. The van der Waals surface area contributed by atoms with E-state index in [0.717, 1.165) is 74.9 Å². The first-order chi connectivity index (χ1) is 15.5. The smallest absolute Gasteiger partial charge is 0.220 e. The molecule has 1 aromatic carbocycles. The van der Waals surface area contributed by atoms with E-state index in [1.165, 1.54) is 5.56 Å². The first-order valence-corrected chi connectivity index (χ1v) is 11.6. The van der Waals surface area contributed by atoms with Crippen molar-refractivity contribution in [1.82, 2.24) is 25.3 Å². The number of nitrogens with two attached hydrogens (primary N) is 1. The SMILES string of the molecule is CN=C(NCCCCN1CCC(C(N)=O)CC1)NCc1ccccc1-n1nc(C)cc1C. The maximum Gasteiger partial charge on any atom is 0.220 e.